The normalized spacial score (nSPS) is 10.5. The maximum atomic E-state index is 11.7. The molecule has 0 radical (unpaired) electrons. The Kier molecular flexibility index (Phi) is 7.44. The molecule has 1 aromatic heterocycles. The Bertz CT molecular complexity index is 1130. The highest BCUT2D eigenvalue weighted by Gasteiger charge is 2.16. The van der Waals surface area contributed by atoms with Crippen LogP contribution in [0.4, 0.5) is 11.4 Å². The highest BCUT2D eigenvalue weighted by molar-refractivity contribution is 5.97. The van der Waals surface area contributed by atoms with Crippen LogP contribution in [0.25, 0.3) is 0 Å². The first kappa shape index (κ1) is 22.8. The summed E-state index contributed by atoms with van der Waals surface area (Å²) >= 11 is 0. The van der Waals surface area contributed by atoms with E-state index in [1.807, 2.05) is 31.2 Å². The second kappa shape index (κ2) is 10.4. The van der Waals surface area contributed by atoms with Crippen LogP contribution in [0.2, 0.25) is 0 Å². The number of nitrogens with zero attached hydrogens (tertiary/aromatic N) is 1. The van der Waals surface area contributed by atoms with Gasteiger partial charge in [0.25, 0.3) is 0 Å². The number of esters is 1. The smallest absolute Gasteiger partial charge is 0.339 e. The van der Waals surface area contributed by atoms with Crippen molar-refractivity contribution < 1.29 is 24.2 Å². The van der Waals surface area contributed by atoms with Crippen LogP contribution in [-0.2, 0) is 17.8 Å². The predicted octanol–water partition coefficient (Wildman–Crippen LogP) is 5.05. The minimum atomic E-state index is -0.453. The predicted molar refractivity (Wildman–Crippen MR) is 122 cm³/mol. The van der Waals surface area contributed by atoms with Gasteiger partial charge in [0.1, 0.15) is 18.1 Å². The van der Waals surface area contributed by atoms with Gasteiger partial charge in [-0.05, 0) is 49.2 Å². The number of anilines is 2. The fraction of sp³-hybridized carbons (Fsp3) is 0.240. The van der Waals surface area contributed by atoms with Crippen molar-refractivity contribution >= 4 is 23.1 Å². The van der Waals surface area contributed by atoms with Crippen LogP contribution in [0.5, 0.6) is 11.5 Å². The van der Waals surface area contributed by atoms with Crippen molar-refractivity contribution in [2.75, 3.05) is 12.4 Å². The van der Waals surface area contributed by atoms with Crippen LogP contribution >= 0.6 is 0 Å². The van der Waals surface area contributed by atoms with Crippen molar-refractivity contribution in [3.05, 3.63) is 77.1 Å². The molecule has 0 aliphatic heterocycles. The van der Waals surface area contributed by atoms with E-state index in [4.69, 9.17) is 9.47 Å². The molecule has 0 aliphatic carbocycles. The highest BCUT2D eigenvalue weighted by atomic mass is 16.5. The molecular weight excluding hydrogens is 408 g/mol. The van der Waals surface area contributed by atoms with E-state index in [9.17, 15) is 14.7 Å². The zero-order chi connectivity index (χ0) is 23.1. The Hall–Kier alpha value is -3.87. The molecule has 7 nitrogen and oxygen atoms in total. The number of Topliss-reactive ketones (excluding diaryl/α,β-unsaturated/α-hetero) is 1. The highest BCUT2D eigenvalue weighted by Crippen LogP contribution is 2.33. The summed E-state index contributed by atoms with van der Waals surface area (Å²) in [6.07, 6.45) is 4.48. The van der Waals surface area contributed by atoms with E-state index in [1.54, 1.807) is 24.4 Å². The largest absolute Gasteiger partial charge is 0.507 e. The number of phenols is 1. The summed E-state index contributed by atoms with van der Waals surface area (Å²) in [5, 5.41) is 13.7. The first-order chi connectivity index (χ1) is 15.4. The zero-order valence-electron chi connectivity index (χ0n) is 18.3. The van der Waals surface area contributed by atoms with Crippen molar-refractivity contribution in [2.45, 2.75) is 33.3 Å². The van der Waals surface area contributed by atoms with Crippen molar-refractivity contribution in [2.24, 2.45) is 0 Å². The van der Waals surface area contributed by atoms with Crippen molar-refractivity contribution in [3.63, 3.8) is 0 Å². The molecule has 7 heteroatoms. The molecule has 0 unspecified atom stereocenters. The maximum absolute atomic E-state index is 11.7. The molecule has 3 rings (SSSR count). The number of benzene rings is 2. The molecule has 32 heavy (non-hydrogen) atoms. The first-order valence-corrected chi connectivity index (χ1v) is 10.3. The number of rotatable bonds is 9. The topological polar surface area (TPSA) is 97.8 Å². The van der Waals surface area contributed by atoms with E-state index in [0.717, 1.165) is 17.7 Å². The standard InChI is InChI=1S/C25H26N2O5/c1-4-6-22-23(10-9-21(16(2)28)24(22)29)32-15-17-7-5-8-19(11-17)27-20-12-18(13-26-14-20)25(30)31-3/h5,7-14,27,29H,4,6,15H2,1-3H3. The zero-order valence-corrected chi connectivity index (χ0v) is 18.3. The number of pyridine rings is 1. The number of hydrogen-bond acceptors (Lipinski definition) is 7. The van der Waals surface area contributed by atoms with Gasteiger partial charge in [-0.1, -0.05) is 25.5 Å². The molecule has 0 spiro atoms. The molecule has 2 aromatic carbocycles. The molecular formula is C25H26N2O5. The van der Waals surface area contributed by atoms with Gasteiger partial charge in [0, 0.05) is 17.4 Å². The molecule has 2 N–H and O–H groups in total. The molecule has 0 saturated heterocycles. The summed E-state index contributed by atoms with van der Waals surface area (Å²) < 4.78 is 10.7. The number of hydrogen-bond donors (Lipinski definition) is 2. The van der Waals surface area contributed by atoms with E-state index in [-0.39, 0.29) is 18.1 Å². The number of nitrogens with one attached hydrogen (secondary N) is 1. The van der Waals surface area contributed by atoms with E-state index < -0.39 is 5.97 Å². The lowest BCUT2D eigenvalue weighted by atomic mass is 10.0. The molecule has 0 amide bonds. The fourth-order valence-electron chi connectivity index (χ4n) is 3.33. The Labute approximate surface area is 187 Å². The van der Waals surface area contributed by atoms with Crippen LogP contribution in [0.3, 0.4) is 0 Å². The second-order valence-electron chi connectivity index (χ2n) is 7.31. The number of methoxy groups -OCH3 is 1. The number of aromatic hydroxyl groups is 1. The lowest BCUT2D eigenvalue weighted by Gasteiger charge is -2.15. The maximum Gasteiger partial charge on any atom is 0.339 e. The first-order valence-electron chi connectivity index (χ1n) is 10.3. The van der Waals surface area contributed by atoms with Gasteiger partial charge in [-0.25, -0.2) is 4.79 Å². The van der Waals surface area contributed by atoms with Gasteiger partial charge < -0.3 is 19.9 Å². The molecule has 166 valence electrons. The SMILES string of the molecule is CCCc1c(OCc2cccc(Nc3cncc(C(=O)OC)c3)c2)ccc(C(C)=O)c1O. The quantitative estimate of drug-likeness (QED) is 0.359. The summed E-state index contributed by atoms with van der Waals surface area (Å²) in [6.45, 7) is 3.72. The molecule has 3 aromatic rings. The summed E-state index contributed by atoms with van der Waals surface area (Å²) in [6, 6.07) is 12.6. The summed E-state index contributed by atoms with van der Waals surface area (Å²) in [4.78, 5) is 27.5. The average molecular weight is 434 g/mol. The van der Waals surface area contributed by atoms with Gasteiger partial charge in [0.2, 0.25) is 0 Å². The third-order valence-corrected chi connectivity index (χ3v) is 4.89. The fourth-order valence-corrected chi connectivity index (χ4v) is 3.33. The number of ketones is 1. The number of carbonyl (C=O) groups excluding carboxylic acids is 2. The van der Waals surface area contributed by atoms with Gasteiger partial charge >= 0.3 is 5.97 Å². The third kappa shape index (κ3) is 5.43. The van der Waals surface area contributed by atoms with Crippen LogP contribution in [0, 0.1) is 0 Å². The van der Waals surface area contributed by atoms with E-state index in [1.165, 1.54) is 20.2 Å². The Morgan fingerprint density at radius 1 is 1.09 bits per heavy atom. The monoisotopic (exact) mass is 434 g/mol. The van der Waals surface area contributed by atoms with Crippen molar-refractivity contribution in [3.8, 4) is 11.5 Å². The summed E-state index contributed by atoms with van der Waals surface area (Å²) in [7, 11) is 1.32. The second-order valence-corrected chi connectivity index (χ2v) is 7.31. The molecule has 0 atom stereocenters. The van der Waals surface area contributed by atoms with Gasteiger partial charge in [0.15, 0.2) is 5.78 Å². The molecule has 0 aliphatic rings. The Balaban J connectivity index is 1.75. The molecule has 1 heterocycles. The molecule has 0 saturated carbocycles. The number of aromatic nitrogens is 1. The lowest BCUT2D eigenvalue weighted by molar-refractivity contribution is 0.0600. The van der Waals surface area contributed by atoms with Gasteiger partial charge in [-0.15, -0.1) is 0 Å². The van der Waals surface area contributed by atoms with Gasteiger partial charge in [0.05, 0.1) is 30.1 Å². The van der Waals surface area contributed by atoms with Crippen molar-refractivity contribution in [1.82, 2.24) is 4.98 Å². The Morgan fingerprint density at radius 3 is 2.62 bits per heavy atom. The van der Waals surface area contributed by atoms with E-state index in [2.05, 4.69) is 10.3 Å². The number of ether oxygens (including phenoxy) is 2. The van der Waals surface area contributed by atoms with E-state index in [0.29, 0.717) is 34.5 Å². The lowest BCUT2D eigenvalue weighted by Crippen LogP contribution is -2.04. The van der Waals surface area contributed by atoms with Gasteiger partial charge in [-0.3, -0.25) is 9.78 Å². The number of phenolic OH excluding ortho intramolecular Hbond substituents is 1. The van der Waals surface area contributed by atoms with Crippen LogP contribution in [-0.4, -0.2) is 29.0 Å². The molecule has 0 bridgehead atoms. The van der Waals surface area contributed by atoms with Crippen molar-refractivity contribution in [1.29, 1.82) is 0 Å². The summed E-state index contributed by atoms with van der Waals surface area (Å²) in [5.74, 6) is -0.0888. The van der Waals surface area contributed by atoms with Crippen LogP contribution < -0.4 is 10.1 Å². The van der Waals surface area contributed by atoms with E-state index >= 15 is 0 Å². The molecule has 0 fully saturated rings. The van der Waals surface area contributed by atoms with Crippen LogP contribution in [0.15, 0.2) is 54.9 Å². The Morgan fingerprint density at radius 2 is 1.91 bits per heavy atom. The van der Waals surface area contributed by atoms with Gasteiger partial charge in [-0.2, -0.15) is 0 Å². The average Bonchev–Trinajstić information content (AvgIpc) is 2.79. The summed E-state index contributed by atoms with van der Waals surface area (Å²) in [5.41, 5.74) is 3.66. The third-order valence-electron chi connectivity index (χ3n) is 4.89. The van der Waals surface area contributed by atoms with Crippen LogP contribution in [0.1, 0.15) is 52.1 Å². The number of carbonyl (C=O) groups is 2. The minimum Gasteiger partial charge on any atom is -0.507 e. The minimum absolute atomic E-state index is 0.00902.